The van der Waals surface area contributed by atoms with Crippen LogP contribution in [0.25, 0.3) is 0 Å². The van der Waals surface area contributed by atoms with Crippen LogP contribution >= 0.6 is 0 Å². The molecule has 0 heterocycles. The molecule has 0 radical (unpaired) electrons. The second-order valence-corrected chi connectivity index (χ2v) is 21.7. The Kier molecular flexibility index (Phi) is 13.4. The summed E-state index contributed by atoms with van der Waals surface area (Å²) in [6.07, 6.45) is 8.84. The van der Waals surface area contributed by atoms with E-state index in [1.54, 1.807) is 0 Å². The molecule has 0 bridgehead atoms. The quantitative estimate of drug-likeness (QED) is 0.214. The number of hydrogen-bond acceptors (Lipinski definition) is 4. The Hall–Kier alpha value is 0.669. The van der Waals surface area contributed by atoms with Crippen molar-refractivity contribution in [3.63, 3.8) is 0 Å². The zero-order chi connectivity index (χ0) is 16.9. The van der Waals surface area contributed by atoms with Crippen LogP contribution in [0.2, 0.25) is 13.3 Å². The predicted octanol–water partition coefficient (Wildman–Crippen LogP) is 4.37. The van der Waals surface area contributed by atoms with Crippen LogP contribution in [0.3, 0.4) is 0 Å². The van der Waals surface area contributed by atoms with Crippen molar-refractivity contribution >= 4 is 28.5 Å². The molecule has 0 aromatic heterocycles. The Balaban J connectivity index is 4.44. The average molecular weight is 443 g/mol. The van der Waals surface area contributed by atoms with Crippen LogP contribution in [-0.2, 0) is 19.0 Å². The van der Waals surface area contributed by atoms with Crippen molar-refractivity contribution in [1.82, 2.24) is 0 Å². The van der Waals surface area contributed by atoms with Crippen molar-refractivity contribution in [2.75, 3.05) is 24.1 Å². The molecule has 0 unspecified atom stereocenters. The van der Waals surface area contributed by atoms with Crippen LogP contribution in [0.15, 0.2) is 0 Å². The summed E-state index contributed by atoms with van der Waals surface area (Å²) in [6.45, 7) is 7.33. The molecular formula is C16H36O4SSn. The van der Waals surface area contributed by atoms with Crippen LogP contribution in [-0.4, -0.2) is 50.9 Å². The van der Waals surface area contributed by atoms with Crippen molar-refractivity contribution in [2.24, 2.45) is 0 Å². The molecule has 0 aromatic carbocycles. The number of rotatable bonds is 15. The number of hydrogen-bond donors (Lipinski definition) is 0. The molecule has 6 heteroatoms. The molecule has 4 nitrogen and oxygen atoms in total. The molecule has 0 spiro atoms. The summed E-state index contributed by atoms with van der Waals surface area (Å²) in [4.78, 5) is 0. The van der Waals surface area contributed by atoms with Gasteiger partial charge in [0.2, 0.25) is 0 Å². The molecule has 0 atom stereocenters. The topological polar surface area (TPSA) is 52.6 Å². The zero-order valence-electron chi connectivity index (χ0n) is 15.0. The van der Waals surface area contributed by atoms with Crippen LogP contribution < -0.4 is 0 Å². The fourth-order valence-corrected chi connectivity index (χ4v) is 17.6. The summed E-state index contributed by atoms with van der Waals surface area (Å²) in [5.41, 5.74) is 0. The first kappa shape index (κ1) is 22.7. The standard InChI is InChI=1S/C4H9O4S.3C4H9.Sn/c1-7-3-4-8-9(2,5)6;3*1-3-4-2;/h1,3-4H2,2H3;3*1,3-4H2,2H3;. The van der Waals surface area contributed by atoms with Gasteiger partial charge in [-0.2, -0.15) is 0 Å². The van der Waals surface area contributed by atoms with Crippen molar-refractivity contribution in [3.05, 3.63) is 0 Å². The molecule has 0 aromatic rings. The maximum absolute atomic E-state index is 11.0. The summed E-state index contributed by atoms with van der Waals surface area (Å²) in [5.74, 6) is 0. The van der Waals surface area contributed by atoms with Gasteiger partial charge in [-0.3, -0.25) is 0 Å². The maximum atomic E-state index is 11.0. The Morgan fingerprint density at radius 3 is 1.64 bits per heavy atom. The Labute approximate surface area is 142 Å². The summed E-state index contributed by atoms with van der Waals surface area (Å²) >= 11 is -2.22. The van der Waals surface area contributed by atoms with E-state index in [0.29, 0.717) is 6.61 Å². The second kappa shape index (κ2) is 13.0. The Morgan fingerprint density at radius 1 is 0.818 bits per heavy atom. The van der Waals surface area contributed by atoms with E-state index in [-0.39, 0.29) is 6.61 Å². The van der Waals surface area contributed by atoms with Crippen molar-refractivity contribution in [3.8, 4) is 0 Å². The SMILES string of the molecule is CCC[CH2][Sn]([CH2]CCC)([CH2]CCC)[CH2]OCCOS(C)(=O)=O. The van der Waals surface area contributed by atoms with E-state index in [1.165, 1.54) is 51.8 Å². The van der Waals surface area contributed by atoms with Crippen molar-refractivity contribution in [1.29, 1.82) is 0 Å². The molecule has 0 N–H and O–H groups in total. The Morgan fingerprint density at radius 2 is 1.27 bits per heavy atom. The molecule has 0 aliphatic rings. The van der Waals surface area contributed by atoms with Gasteiger partial charge in [-0.15, -0.1) is 0 Å². The van der Waals surface area contributed by atoms with E-state index in [9.17, 15) is 8.42 Å². The summed E-state index contributed by atoms with van der Waals surface area (Å²) in [6, 6.07) is 0. The summed E-state index contributed by atoms with van der Waals surface area (Å²) < 4.78 is 37.7. The third kappa shape index (κ3) is 12.1. The van der Waals surface area contributed by atoms with Crippen molar-refractivity contribution in [2.45, 2.75) is 72.6 Å². The van der Waals surface area contributed by atoms with E-state index in [4.69, 9.17) is 8.92 Å². The molecule has 0 fully saturated rings. The van der Waals surface area contributed by atoms with Gasteiger partial charge in [0.15, 0.2) is 0 Å². The van der Waals surface area contributed by atoms with Crippen LogP contribution in [0.1, 0.15) is 59.3 Å². The van der Waals surface area contributed by atoms with Crippen LogP contribution in [0, 0.1) is 0 Å². The normalized spacial score (nSPS) is 12.7. The minimum absolute atomic E-state index is 0.149. The van der Waals surface area contributed by atoms with Gasteiger partial charge >= 0.3 is 143 Å². The first-order valence-corrected chi connectivity index (χ1v) is 18.7. The summed E-state index contributed by atoms with van der Waals surface area (Å²) in [5, 5.41) is 0. The third-order valence-corrected chi connectivity index (χ3v) is 19.1. The van der Waals surface area contributed by atoms with Crippen molar-refractivity contribution < 1.29 is 17.3 Å². The molecule has 22 heavy (non-hydrogen) atoms. The zero-order valence-corrected chi connectivity index (χ0v) is 18.7. The van der Waals surface area contributed by atoms with Crippen LogP contribution in [0.4, 0.5) is 0 Å². The molecule has 0 rings (SSSR count). The Bertz CT molecular complexity index is 335. The van der Waals surface area contributed by atoms with Gasteiger partial charge in [0.05, 0.1) is 0 Å². The molecule has 0 aliphatic heterocycles. The van der Waals surface area contributed by atoms with Gasteiger partial charge in [0.1, 0.15) is 0 Å². The first-order chi connectivity index (χ1) is 10.4. The second-order valence-electron chi connectivity index (χ2n) is 6.39. The molecule has 0 saturated heterocycles. The molecule has 0 amide bonds. The molecule has 134 valence electrons. The van der Waals surface area contributed by atoms with Gasteiger partial charge in [-0.1, -0.05) is 0 Å². The van der Waals surface area contributed by atoms with E-state index in [1.807, 2.05) is 0 Å². The fraction of sp³-hybridized carbons (Fsp3) is 1.00. The van der Waals surface area contributed by atoms with E-state index in [2.05, 4.69) is 20.8 Å². The first-order valence-electron chi connectivity index (χ1n) is 8.81. The minimum atomic E-state index is -3.35. The molecule has 0 aliphatic carbocycles. The number of ether oxygens (including phenoxy) is 1. The average Bonchev–Trinajstić information content (AvgIpc) is 2.46. The monoisotopic (exact) mass is 444 g/mol. The van der Waals surface area contributed by atoms with Crippen LogP contribution in [0.5, 0.6) is 0 Å². The van der Waals surface area contributed by atoms with Gasteiger partial charge in [0, 0.05) is 0 Å². The van der Waals surface area contributed by atoms with Gasteiger partial charge in [-0.25, -0.2) is 0 Å². The van der Waals surface area contributed by atoms with E-state index < -0.39 is 28.5 Å². The summed E-state index contributed by atoms with van der Waals surface area (Å²) in [7, 11) is -3.35. The van der Waals surface area contributed by atoms with Gasteiger partial charge in [0.25, 0.3) is 0 Å². The van der Waals surface area contributed by atoms with Gasteiger partial charge in [-0.05, 0) is 0 Å². The molecular weight excluding hydrogens is 407 g/mol. The fourth-order valence-electron chi connectivity index (χ4n) is 2.78. The van der Waals surface area contributed by atoms with Gasteiger partial charge < -0.3 is 0 Å². The number of unbranched alkanes of at least 4 members (excludes halogenated alkanes) is 3. The third-order valence-electron chi connectivity index (χ3n) is 4.12. The molecule has 0 saturated carbocycles. The predicted molar refractivity (Wildman–Crippen MR) is 96.5 cm³/mol. The van der Waals surface area contributed by atoms with E-state index in [0.717, 1.165) is 10.9 Å². The van der Waals surface area contributed by atoms with E-state index >= 15 is 0 Å².